The summed E-state index contributed by atoms with van der Waals surface area (Å²) in [7, 11) is 1.79. The lowest BCUT2D eigenvalue weighted by molar-refractivity contribution is 0.0529. The molecule has 1 aliphatic heterocycles. The number of morpholine rings is 1. The number of pyridine rings is 1. The van der Waals surface area contributed by atoms with E-state index in [1.165, 1.54) is 18.4 Å². The van der Waals surface area contributed by atoms with Crippen LogP contribution in [0.2, 0.25) is 0 Å². The summed E-state index contributed by atoms with van der Waals surface area (Å²) in [6.07, 6.45) is 4.75. The van der Waals surface area contributed by atoms with E-state index in [0.29, 0.717) is 13.1 Å². The van der Waals surface area contributed by atoms with E-state index in [0.717, 1.165) is 60.9 Å². The van der Waals surface area contributed by atoms with Crippen LogP contribution in [0, 0.1) is 12.8 Å². The first kappa shape index (κ1) is 25.6. The highest BCUT2D eigenvalue weighted by atomic mass is 127. The van der Waals surface area contributed by atoms with Crippen LogP contribution in [0.4, 0.5) is 5.82 Å². The highest BCUT2D eigenvalue weighted by Crippen LogP contribution is 2.30. The van der Waals surface area contributed by atoms with Crippen LogP contribution in [0.15, 0.2) is 41.5 Å². The molecular weight excluding hydrogens is 529 g/mol. The second kappa shape index (κ2) is 12.4. The number of rotatable bonds is 8. The number of aromatic nitrogens is 1. The van der Waals surface area contributed by atoms with Crippen LogP contribution in [0.3, 0.4) is 0 Å². The van der Waals surface area contributed by atoms with E-state index in [2.05, 4.69) is 69.7 Å². The van der Waals surface area contributed by atoms with Gasteiger partial charge in [0.25, 0.3) is 0 Å². The third kappa shape index (κ3) is 7.74. The van der Waals surface area contributed by atoms with Crippen molar-refractivity contribution in [2.24, 2.45) is 10.9 Å². The maximum Gasteiger partial charge on any atom is 0.191 e. The van der Waals surface area contributed by atoms with Crippen LogP contribution >= 0.6 is 24.0 Å². The molecule has 1 unspecified atom stereocenters. The Morgan fingerprint density at radius 2 is 2.03 bits per heavy atom. The fourth-order valence-electron chi connectivity index (χ4n) is 3.75. The average Bonchev–Trinajstić information content (AvgIpc) is 3.64. The lowest BCUT2D eigenvalue weighted by Gasteiger charge is -2.32. The number of hydrogen-bond donors (Lipinski definition) is 2. The molecule has 2 aromatic rings. The molecule has 0 bridgehead atoms. The SMILES string of the molecule is CN=C(NCc1ccc(N2CCOC(C)C2)nc1)NCc1ccc(C)cc1OCC1CC1.I. The predicted octanol–water partition coefficient (Wildman–Crippen LogP) is 3.89. The number of halogens is 1. The van der Waals surface area contributed by atoms with Gasteiger partial charge in [0.15, 0.2) is 5.96 Å². The van der Waals surface area contributed by atoms with E-state index in [-0.39, 0.29) is 30.1 Å². The van der Waals surface area contributed by atoms with Crippen LogP contribution in [0.1, 0.15) is 36.5 Å². The van der Waals surface area contributed by atoms with Gasteiger partial charge in [-0.15, -0.1) is 24.0 Å². The van der Waals surface area contributed by atoms with Crippen LogP contribution in [0.25, 0.3) is 0 Å². The molecule has 7 nitrogen and oxygen atoms in total. The number of aliphatic imine (C=N–C) groups is 1. The molecule has 4 rings (SSSR count). The third-order valence-corrected chi connectivity index (χ3v) is 5.90. The lowest BCUT2D eigenvalue weighted by atomic mass is 10.1. The zero-order valence-corrected chi connectivity index (χ0v) is 22.2. The Labute approximate surface area is 214 Å². The van der Waals surface area contributed by atoms with Crippen molar-refractivity contribution in [3.05, 3.63) is 53.2 Å². The Kier molecular flexibility index (Phi) is 9.61. The van der Waals surface area contributed by atoms with Gasteiger partial charge in [-0.3, -0.25) is 4.99 Å². The second-order valence-electron chi connectivity index (χ2n) is 8.80. The first-order chi connectivity index (χ1) is 15.6. The van der Waals surface area contributed by atoms with Gasteiger partial charge in [-0.25, -0.2) is 4.98 Å². The summed E-state index contributed by atoms with van der Waals surface area (Å²) in [6.45, 7) is 8.85. The molecule has 2 N–H and O–H groups in total. The van der Waals surface area contributed by atoms with Gasteiger partial charge < -0.3 is 25.0 Å². The lowest BCUT2D eigenvalue weighted by Crippen LogP contribution is -2.41. The van der Waals surface area contributed by atoms with E-state index in [1.54, 1.807) is 7.05 Å². The summed E-state index contributed by atoms with van der Waals surface area (Å²) in [5.41, 5.74) is 3.47. The van der Waals surface area contributed by atoms with Crippen molar-refractivity contribution in [1.29, 1.82) is 0 Å². The Morgan fingerprint density at radius 3 is 2.73 bits per heavy atom. The maximum atomic E-state index is 6.08. The molecule has 2 aliphatic rings. The first-order valence-corrected chi connectivity index (χ1v) is 11.6. The average molecular weight is 566 g/mol. The number of nitrogens with zero attached hydrogens (tertiary/aromatic N) is 3. The quantitative estimate of drug-likeness (QED) is 0.288. The van der Waals surface area contributed by atoms with Crippen molar-refractivity contribution < 1.29 is 9.47 Å². The van der Waals surface area contributed by atoms with Crippen LogP contribution in [0.5, 0.6) is 5.75 Å². The summed E-state index contributed by atoms with van der Waals surface area (Å²) < 4.78 is 11.7. The smallest absolute Gasteiger partial charge is 0.191 e. The molecule has 1 atom stereocenters. The summed E-state index contributed by atoms with van der Waals surface area (Å²) in [5, 5.41) is 6.78. The van der Waals surface area contributed by atoms with E-state index >= 15 is 0 Å². The zero-order valence-electron chi connectivity index (χ0n) is 19.8. The van der Waals surface area contributed by atoms with Gasteiger partial charge in [-0.1, -0.05) is 18.2 Å². The molecule has 2 heterocycles. The van der Waals surface area contributed by atoms with Gasteiger partial charge in [0, 0.05) is 45.0 Å². The number of aryl methyl sites for hydroxylation is 1. The number of nitrogens with one attached hydrogen (secondary N) is 2. The molecule has 1 saturated heterocycles. The largest absolute Gasteiger partial charge is 0.493 e. The Balaban J connectivity index is 0.00000306. The minimum atomic E-state index is 0. The van der Waals surface area contributed by atoms with E-state index in [9.17, 15) is 0 Å². The van der Waals surface area contributed by atoms with Crippen molar-refractivity contribution >= 4 is 35.8 Å². The fourth-order valence-corrected chi connectivity index (χ4v) is 3.75. The van der Waals surface area contributed by atoms with Gasteiger partial charge in [-0.05, 0) is 55.9 Å². The highest BCUT2D eigenvalue weighted by Gasteiger charge is 2.22. The minimum absolute atomic E-state index is 0. The van der Waals surface area contributed by atoms with Crippen LogP contribution in [-0.2, 0) is 17.8 Å². The van der Waals surface area contributed by atoms with Gasteiger partial charge in [0.05, 0.1) is 19.3 Å². The van der Waals surface area contributed by atoms with Crippen molar-refractivity contribution in [2.45, 2.75) is 45.9 Å². The summed E-state index contributed by atoms with van der Waals surface area (Å²) in [4.78, 5) is 11.3. The standard InChI is InChI=1S/C25H35N5O2.HI/c1-18-4-8-22(23(12-18)32-17-20-5-6-20)15-29-25(26-3)28-14-21-7-9-24(27-13-21)30-10-11-31-19(2)16-30;/h4,7-9,12-13,19-20H,5-6,10-11,14-17H2,1-3H3,(H2,26,28,29);1H. The van der Waals surface area contributed by atoms with Crippen molar-refractivity contribution in [1.82, 2.24) is 15.6 Å². The van der Waals surface area contributed by atoms with Gasteiger partial charge >= 0.3 is 0 Å². The molecule has 0 radical (unpaired) electrons. The van der Waals surface area contributed by atoms with E-state index in [4.69, 9.17) is 9.47 Å². The molecule has 0 amide bonds. The second-order valence-corrected chi connectivity index (χ2v) is 8.80. The molecule has 33 heavy (non-hydrogen) atoms. The number of anilines is 1. The molecule has 1 aromatic heterocycles. The van der Waals surface area contributed by atoms with Crippen molar-refractivity contribution in [2.75, 3.05) is 38.3 Å². The normalized spacial score (nSPS) is 18.5. The van der Waals surface area contributed by atoms with E-state index in [1.807, 2.05) is 6.20 Å². The number of benzene rings is 1. The molecule has 2 fully saturated rings. The van der Waals surface area contributed by atoms with Gasteiger partial charge in [0.1, 0.15) is 11.6 Å². The zero-order chi connectivity index (χ0) is 22.3. The number of ether oxygens (including phenoxy) is 2. The summed E-state index contributed by atoms with van der Waals surface area (Å²) >= 11 is 0. The molecule has 0 spiro atoms. The van der Waals surface area contributed by atoms with Crippen molar-refractivity contribution in [3.63, 3.8) is 0 Å². The Morgan fingerprint density at radius 1 is 1.21 bits per heavy atom. The first-order valence-electron chi connectivity index (χ1n) is 11.6. The monoisotopic (exact) mass is 565 g/mol. The topological polar surface area (TPSA) is 71.0 Å². The molecular formula is C25H36IN5O2. The summed E-state index contributed by atoms with van der Waals surface area (Å²) in [5.74, 6) is 3.46. The summed E-state index contributed by atoms with van der Waals surface area (Å²) in [6, 6.07) is 10.6. The molecule has 1 aliphatic carbocycles. The van der Waals surface area contributed by atoms with Crippen LogP contribution < -0.4 is 20.3 Å². The third-order valence-electron chi connectivity index (χ3n) is 5.90. The Hall–Kier alpha value is -2.07. The van der Waals surface area contributed by atoms with Crippen molar-refractivity contribution in [3.8, 4) is 5.75 Å². The van der Waals surface area contributed by atoms with Gasteiger partial charge in [-0.2, -0.15) is 0 Å². The number of guanidine groups is 1. The maximum absolute atomic E-state index is 6.08. The van der Waals surface area contributed by atoms with Crippen LogP contribution in [-0.4, -0.2) is 50.4 Å². The number of hydrogen-bond acceptors (Lipinski definition) is 5. The predicted molar refractivity (Wildman–Crippen MR) is 144 cm³/mol. The van der Waals surface area contributed by atoms with E-state index < -0.39 is 0 Å². The molecule has 1 aromatic carbocycles. The Bertz CT molecular complexity index is 918. The fraction of sp³-hybridized carbons (Fsp3) is 0.520. The van der Waals surface area contributed by atoms with Gasteiger partial charge in [0.2, 0.25) is 0 Å². The molecule has 1 saturated carbocycles. The molecule has 180 valence electrons. The highest BCUT2D eigenvalue weighted by molar-refractivity contribution is 14.0. The minimum Gasteiger partial charge on any atom is -0.493 e. The molecule has 8 heteroatoms.